The van der Waals surface area contributed by atoms with E-state index in [1.165, 1.54) is 0 Å². The minimum absolute atomic E-state index is 0.0115. The molecule has 2 aromatic carbocycles. The summed E-state index contributed by atoms with van der Waals surface area (Å²) in [5.41, 5.74) is 1.69. The van der Waals surface area contributed by atoms with Gasteiger partial charge >= 0.3 is 0 Å². The van der Waals surface area contributed by atoms with Crippen molar-refractivity contribution in [1.82, 2.24) is 0 Å². The maximum Gasteiger partial charge on any atom is 0.227 e. The number of hydrogen-bond acceptors (Lipinski definition) is 3. The lowest BCUT2D eigenvalue weighted by atomic mass is 10.0. The number of ketones is 1. The molecule has 1 aliphatic rings. The van der Waals surface area contributed by atoms with Crippen molar-refractivity contribution in [3.8, 4) is 5.75 Å². The second-order valence-corrected chi connectivity index (χ2v) is 5.37. The molecule has 0 aliphatic heterocycles. The van der Waals surface area contributed by atoms with Gasteiger partial charge in [-0.3, -0.25) is 9.59 Å². The van der Waals surface area contributed by atoms with Gasteiger partial charge in [0, 0.05) is 17.0 Å². The van der Waals surface area contributed by atoms with E-state index in [1.807, 2.05) is 18.2 Å². The van der Waals surface area contributed by atoms with Crippen molar-refractivity contribution < 1.29 is 14.3 Å². The second kappa shape index (κ2) is 6.02. The van der Waals surface area contributed by atoms with E-state index in [4.69, 9.17) is 4.74 Å². The van der Waals surface area contributed by atoms with E-state index in [0.717, 1.165) is 12.8 Å². The van der Waals surface area contributed by atoms with E-state index in [0.29, 0.717) is 22.6 Å². The minimum Gasteiger partial charge on any atom is -0.495 e. The first-order valence-corrected chi connectivity index (χ1v) is 7.27. The van der Waals surface area contributed by atoms with Crippen LogP contribution in [-0.4, -0.2) is 18.8 Å². The molecule has 2 aromatic rings. The molecule has 0 atom stereocenters. The molecule has 0 heterocycles. The molecule has 3 rings (SSSR count). The van der Waals surface area contributed by atoms with Crippen molar-refractivity contribution in [1.29, 1.82) is 0 Å². The van der Waals surface area contributed by atoms with Crippen LogP contribution in [0, 0.1) is 5.92 Å². The summed E-state index contributed by atoms with van der Waals surface area (Å²) in [6, 6.07) is 14.2. The summed E-state index contributed by atoms with van der Waals surface area (Å²) in [5, 5.41) is 2.85. The Morgan fingerprint density at radius 1 is 1.05 bits per heavy atom. The minimum atomic E-state index is -0.0785. The average Bonchev–Trinajstić information content (AvgIpc) is 3.40. The highest BCUT2D eigenvalue weighted by Crippen LogP contribution is 2.33. The Morgan fingerprint density at radius 3 is 2.41 bits per heavy atom. The lowest BCUT2D eigenvalue weighted by Crippen LogP contribution is -2.14. The van der Waals surface area contributed by atoms with Crippen LogP contribution in [0.1, 0.15) is 28.8 Å². The number of anilines is 1. The van der Waals surface area contributed by atoms with Crippen molar-refractivity contribution in [2.45, 2.75) is 12.8 Å². The van der Waals surface area contributed by atoms with E-state index in [1.54, 1.807) is 37.4 Å². The third-order valence-electron chi connectivity index (χ3n) is 3.70. The summed E-state index contributed by atoms with van der Waals surface area (Å²) in [6.45, 7) is 0. The Bertz CT molecular complexity index is 706. The number of methoxy groups -OCH3 is 1. The number of hydrogen-bond donors (Lipinski definition) is 1. The lowest BCUT2D eigenvalue weighted by Gasteiger charge is -2.11. The van der Waals surface area contributed by atoms with E-state index in [9.17, 15) is 9.59 Å². The summed E-state index contributed by atoms with van der Waals surface area (Å²) in [6.07, 6.45) is 1.85. The molecule has 0 radical (unpaired) electrons. The van der Waals surface area contributed by atoms with Gasteiger partial charge in [-0.15, -0.1) is 0 Å². The fraction of sp³-hybridized carbons (Fsp3) is 0.222. The Kier molecular flexibility index (Phi) is 3.92. The van der Waals surface area contributed by atoms with Crippen LogP contribution >= 0.6 is 0 Å². The zero-order valence-electron chi connectivity index (χ0n) is 12.3. The Hall–Kier alpha value is -2.62. The van der Waals surface area contributed by atoms with E-state index < -0.39 is 0 Å². The Morgan fingerprint density at radius 2 is 1.77 bits per heavy atom. The number of carbonyl (C=O) groups is 2. The maximum absolute atomic E-state index is 12.5. The molecular weight excluding hydrogens is 278 g/mol. The summed E-state index contributed by atoms with van der Waals surface area (Å²) in [5.74, 6) is 0.560. The van der Waals surface area contributed by atoms with Gasteiger partial charge in [0.15, 0.2) is 5.78 Å². The van der Waals surface area contributed by atoms with Gasteiger partial charge in [-0.05, 0) is 31.0 Å². The van der Waals surface area contributed by atoms with Crippen molar-refractivity contribution in [2.75, 3.05) is 12.4 Å². The van der Waals surface area contributed by atoms with Gasteiger partial charge in [-0.25, -0.2) is 0 Å². The molecule has 0 saturated heterocycles. The van der Waals surface area contributed by atoms with Crippen LogP contribution in [0.4, 0.5) is 5.69 Å². The largest absolute Gasteiger partial charge is 0.495 e. The fourth-order valence-corrected chi connectivity index (χ4v) is 2.28. The molecule has 0 unspecified atom stereocenters. The molecule has 4 nitrogen and oxygen atoms in total. The molecule has 1 saturated carbocycles. The van der Waals surface area contributed by atoms with Crippen molar-refractivity contribution in [3.05, 3.63) is 59.7 Å². The predicted octanol–water partition coefficient (Wildman–Crippen LogP) is 3.27. The molecule has 22 heavy (non-hydrogen) atoms. The van der Waals surface area contributed by atoms with Crippen LogP contribution in [0.25, 0.3) is 0 Å². The highest BCUT2D eigenvalue weighted by Gasteiger charge is 2.30. The van der Waals surface area contributed by atoms with E-state index in [-0.39, 0.29) is 17.6 Å². The monoisotopic (exact) mass is 295 g/mol. The van der Waals surface area contributed by atoms with Crippen LogP contribution < -0.4 is 10.1 Å². The standard InChI is InChI=1S/C18H17NO3/c1-22-16-10-9-14(17(20)12-5-3-2-4-6-12)11-15(16)19-18(21)13-7-8-13/h2-6,9-11,13H,7-8H2,1H3,(H,19,21). The van der Waals surface area contributed by atoms with Crippen molar-refractivity contribution in [3.63, 3.8) is 0 Å². The molecule has 1 amide bonds. The number of carbonyl (C=O) groups excluding carboxylic acids is 2. The first kappa shape index (κ1) is 14.3. The molecule has 4 heteroatoms. The topological polar surface area (TPSA) is 55.4 Å². The molecular formula is C18H17NO3. The van der Waals surface area contributed by atoms with Crippen LogP contribution in [0.5, 0.6) is 5.75 Å². The number of nitrogens with one attached hydrogen (secondary N) is 1. The van der Waals surface area contributed by atoms with Crippen molar-refractivity contribution >= 4 is 17.4 Å². The highest BCUT2D eigenvalue weighted by molar-refractivity contribution is 6.10. The number of ether oxygens (including phenoxy) is 1. The lowest BCUT2D eigenvalue weighted by molar-refractivity contribution is -0.117. The van der Waals surface area contributed by atoms with Crippen LogP contribution in [0.3, 0.4) is 0 Å². The molecule has 0 aromatic heterocycles. The third kappa shape index (κ3) is 3.01. The summed E-state index contributed by atoms with van der Waals surface area (Å²) in [7, 11) is 1.54. The zero-order valence-corrected chi connectivity index (χ0v) is 12.3. The summed E-state index contributed by atoms with van der Waals surface area (Å²) >= 11 is 0. The predicted molar refractivity (Wildman–Crippen MR) is 84.2 cm³/mol. The first-order chi connectivity index (χ1) is 10.7. The molecule has 112 valence electrons. The van der Waals surface area contributed by atoms with Gasteiger partial charge in [0.2, 0.25) is 5.91 Å². The fourth-order valence-electron chi connectivity index (χ4n) is 2.28. The Labute approximate surface area is 129 Å². The maximum atomic E-state index is 12.5. The summed E-state index contributed by atoms with van der Waals surface area (Å²) < 4.78 is 5.26. The van der Waals surface area contributed by atoms with Crippen LogP contribution in [-0.2, 0) is 4.79 Å². The van der Waals surface area contributed by atoms with Crippen LogP contribution in [0.15, 0.2) is 48.5 Å². The number of amides is 1. The molecule has 1 aliphatic carbocycles. The number of benzene rings is 2. The molecule has 0 bridgehead atoms. The van der Waals surface area contributed by atoms with Gasteiger partial charge in [0.05, 0.1) is 12.8 Å². The molecule has 0 spiro atoms. The van der Waals surface area contributed by atoms with Gasteiger partial charge in [0.25, 0.3) is 0 Å². The SMILES string of the molecule is COc1ccc(C(=O)c2ccccc2)cc1NC(=O)C1CC1. The Balaban J connectivity index is 1.89. The molecule has 1 N–H and O–H groups in total. The van der Waals surface area contributed by atoms with Crippen LogP contribution in [0.2, 0.25) is 0 Å². The zero-order chi connectivity index (χ0) is 15.5. The second-order valence-electron chi connectivity index (χ2n) is 5.37. The smallest absolute Gasteiger partial charge is 0.227 e. The van der Waals surface area contributed by atoms with Gasteiger partial charge in [-0.1, -0.05) is 30.3 Å². The quantitative estimate of drug-likeness (QED) is 0.861. The van der Waals surface area contributed by atoms with Gasteiger partial charge < -0.3 is 10.1 Å². The highest BCUT2D eigenvalue weighted by atomic mass is 16.5. The first-order valence-electron chi connectivity index (χ1n) is 7.27. The van der Waals surface area contributed by atoms with Crippen molar-refractivity contribution in [2.24, 2.45) is 5.92 Å². The average molecular weight is 295 g/mol. The van der Waals surface area contributed by atoms with E-state index >= 15 is 0 Å². The number of rotatable bonds is 5. The third-order valence-corrected chi connectivity index (χ3v) is 3.70. The summed E-state index contributed by atoms with van der Waals surface area (Å²) in [4.78, 5) is 24.4. The van der Waals surface area contributed by atoms with Gasteiger partial charge in [0.1, 0.15) is 5.75 Å². The molecule has 1 fully saturated rings. The van der Waals surface area contributed by atoms with E-state index in [2.05, 4.69) is 5.32 Å². The van der Waals surface area contributed by atoms with Gasteiger partial charge in [-0.2, -0.15) is 0 Å². The normalized spacial score (nSPS) is 13.5.